The van der Waals surface area contributed by atoms with Gasteiger partial charge in [-0.05, 0) is 30.5 Å². The fourth-order valence-corrected chi connectivity index (χ4v) is 1.46. The van der Waals surface area contributed by atoms with Gasteiger partial charge >= 0.3 is 0 Å². The van der Waals surface area contributed by atoms with E-state index in [2.05, 4.69) is 19.2 Å². The molecule has 0 radical (unpaired) electrons. The van der Waals surface area contributed by atoms with Crippen molar-refractivity contribution in [2.24, 2.45) is 5.73 Å². The average molecular weight is 257 g/mol. The molecule has 1 rings (SSSR count). The van der Waals surface area contributed by atoms with Gasteiger partial charge in [0.2, 0.25) is 5.91 Å². The molecule has 0 saturated carbocycles. The molecule has 96 valence electrons. The number of nitrogens with two attached hydrogens (primary N) is 1. The first-order chi connectivity index (χ1) is 7.49. The first-order valence-corrected chi connectivity index (χ1v) is 5.64. The topological polar surface area (TPSA) is 55.1 Å². The molecule has 0 spiro atoms. The van der Waals surface area contributed by atoms with E-state index >= 15 is 0 Å². The van der Waals surface area contributed by atoms with Gasteiger partial charge in [-0.25, -0.2) is 0 Å². The molecule has 1 amide bonds. The van der Waals surface area contributed by atoms with E-state index in [1.165, 1.54) is 5.56 Å². The summed E-state index contributed by atoms with van der Waals surface area (Å²) in [6, 6.07) is 7.82. The monoisotopic (exact) mass is 256 g/mol. The zero-order valence-corrected chi connectivity index (χ0v) is 11.4. The highest BCUT2D eigenvalue weighted by Gasteiger charge is 2.05. The third kappa shape index (κ3) is 5.71. The SMILES string of the molecule is CC(N)CC(=O)Nc1ccc(C(C)C)cc1.Cl. The van der Waals surface area contributed by atoms with E-state index in [0.717, 1.165) is 5.69 Å². The number of hydrogen-bond donors (Lipinski definition) is 2. The lowest BCUT2D eigenvalue weighted by molar-refractivity contribution is -0.116. The maximum atomic E-state index is 11.5. The predicted molar refractivity (Wildman–Crippen MR) is 74.7 cm³/mol. The molecular weight excluding hydrogens is 236 g/mol. The fourth-order valence-electron chi connectivity index (χ4n) is 1.46. The quantitative estimate of drug-likeness (QED) is 0.870. The van der Waals surface area contributed by atoms with Gasteiger partial charge in [0.15, 0.2) is 0 Å². The van der Waals surface area contributed by atoms with Crippen LogP contribution in [0.2, 0.25) is 0 Å². The molecule has 0 aromatic heterocycles. The zero-order valence-electron chi connectivity index (χ0n) is 10.6. The van der Waals surface area contributed by atoms with Crippen LogP contribution in [0.15, 0.2) is 24.3 Å². The number of halogens is 1. The number of nitrogens with one attached hydrogen (secondary N) is 1. The van der Waals surface area contributed by atoms with Crippen molar-refractivity contribution in [2.45, 2.75) is 39.2 Å². The molecule has 0 heterocycles. The molecule has 4 heteroatoms. The highest BCUT2D eigenvalue weighted by atomic mass is 35.5. The number of carbonyl (C=O) groups excluding carboxylic acids is 1. The van der Waals surface area contributed by atoms with Crippen molar-refractivity contribution >= 4 is 24.0 Å². The highest BCUT2D eigenvalue weighted by molar-refractivity contribution is 5.91. The van der Waals surface area contributed by atoms with E-state index in [0.29, 0.717) is 12.3 Å². The average Bonchev–Trinajstić information content (AvgIpc) is 2.16. The molecule has 1 aromatic rings. The van der Waals surface area contributed by atoms with Gasteiger partial charge < -0.3 is 11.1 Å². The van der Waals surface area contributed by atoms with Crippen LogP contribution in [0.1, 0.15) is 38.7 Å². The summed E-state index contributed by atoms with van der Waals surface area (Å²) in [6.07, 6.45) is 0.353. The van der Waals surface area contributed by atoms with E-state index in [1.807, 2.05) is 31.2 Å². The van der Waals surface area contributed by atoms with Gasteiger partial charge in [-0.15, -0.1) is 12.4 Å². The number of amides is 1. The Labute approximate surface area is 109 Å². The van der Waals surface area contributed by atoms with Gasteiger partial charge in [0.25, 0.3) is 0 Å². The molecule has 0 saturated heterocycles. The molecule has 0 aliphatic carbocycles. The Kier molecular flexibility index (Phi) is 6.85. The van der Waals surface area contributed by atoms with Crippen molar-refractivity contribution in [1.29, 1.82) is 0 Å². The van der Waals surface area contributed by atoms with Crippen LogP contribution in [0.25, 0.3) is 0 Å². The van der Waals surface area contributed by atoms with Crippen molar-refractivity contribution in [3.63, 3.8) is 0 Å². The van der Waals surface area contributed by atoms with Crippen LogP contribution >= 0.6 is 12.4 Å². The summed E-state index contributed by atoms with van der Waals surface area (Å²) < 4.78 is 0. The first-order valence-electron chi connectivity index (χ1n) is 5.64. The molecule has 0 aliphatic heterocycles. The summed E-state index contributed by atoms with van der Waals surface area (Å²) >= 11 is 0. The van der Waals surface area contributed by atoms with E-state index in [4.69, 9.17) is 5.73 Å². The number of anilines is 1. The van der Waals surface area contributed by atoms with Gasteiger partial charge in [0.05, 0.1) is 0 Å². The second kappa shape index (κ2) is 7.30. The summed E-state index contributed by atoms with van der Waals surface area (Å²) in [5, 5.41) is 2.82. The third-order valence-electron chi connectivity index (χ3n) is 2.37. The minimum absolute atomic E-state index is 0. The maximum absolute atomic E-state index is 11.5. The smallest absolute Gasteiger partial charge is 0.225 e. The summed E-state index contributed by atoms with van der Waals surface area (Å²) in [7, 11) is 0. The molecule has 0 fully saturated rings. The lowest BCUT2D eigenvalue weighted by atomic mass is 10.0. The van der Waals surface area contributed by atoms with Gasteiger partial charge in [0.1, 0.15) is 0 Å². The Bertz CT molecular complexity index is 347. The molecule has 17 heavy (non-hydrogen) atoms. The molecule has 1 aromatic carbocycles. The maximum Gasteiger partial charge on any atom is 0.225 e. The summed E-state index contributed by atoms with van der Waals surface area (Å²) in [4.78, 5) is 11.5. The molecule has 3 nitrogen and oxygen atoms in total. The second-order valence-corrected chi connectivity index (χ2v) is 4.51. The lowest BCUT2D eigenvalue weighted by Crippen LogP contribution is -2.23. The normalized spacial score (nSPS) is 11.8. The van der Waals surface area contributed by atoms with Crippen molar-refractivity contribution < 1.29 is 4.79 Å². The number of hydrogen-bond acceptors (Lipinski definition) is 2. The highest BCUT2D eigenvalue weighted by Crippen LogP contribution is 2.17. The van der Waals surface area contributed by atoms with E-state index in [1.54, 1.807) is 0 Å². The summed E-state index contributed by atoms with van der Waals surface area (Å²) in [5.74, 6) is 0.473. The van der Waals surface area contributed by atoms with Crippen molar-refractivity contribution in [2.75, 3.05) is 5.32 Å². The van der Waals surface area contributed by atoms with Gasteiger partial charge in [-0.3, -0.25) is 4.79 Å². The van der Waals surface area contributed by atoms with Gasteiger partial charge in [-0.1, -0.05) is 26.0 Å². The van der Waals surface area contributed by atoms with Crippen LogP contribution in [0.5, 0.6) is 0 Å². The number of carbonyl (C=O) groups is 1. The third-order valence-corrected chi connectivity index (χ3v) is 2.37. The zero-order chi connectivity index (χ0) is 12.1. The Morgan fingerprint density at radius 3 is 2.18 bits per heavy atom. The van der Waals surface area contributed by atoms with Crippen LogP contribution in [0.4, 0.5) is 5.69 Å². The number of benzene rings is 1. The Balaban J connectivity index is 0.00000256. The fraction of sp³-hybridized carbons (Fsp3) is 0.462. The van der Waals surface area contributed by atoms with Gasteiger partial charge in [-0.2, -0.15) is 0 Å². The Morgan fingerprint density at radius 1 is 1.24 bits per heavy atom. The van der Waals surface area contributed by atoms with Crippen LogP contribution in [0.3, 0.4) is 0 Å². The lowest BCUT2D eigenvalue weighted by Gasteiger charge is -2.09. The molecule has 1 unspecified atom stereocenters. The minimum Gasteiger partial charge on any atom is -0.327 e. The van der Waals surface area contributed by atoms with E-state index in [-0.39, 0.29) is 24.4 Å². The number of rotatable bonds is 4. The van der Waals surface area contributed by atoms with Gasteiger partial charge in [0, 0.05) is 18.2 Å². The van der Waals surface area contributed by atoms with Crippen LogP contribution in [-0.2, 0) is 4.79 Å². The Morgan fingerprint density at radius 2 is 1.76 bits per heavy atom. The van der Waals surface area contributed by atoms with Crippen molar-refractivity contribution in [3.8, 4) is 0 Å². The molecule has 1 atom stereocenters. The second-order valence-electron chi connectivity index (χ2n) is 4.51. The molecular formula is C13H21ClN2O. The molecule has 3 N–H and O–H groups in total. The van der Waals surface area contributed by atoms with Crippen molar-refractivity contribution in [1.82, 2.24) is 0 Å². The summed E-state index contributed by atoms with van der Waals surface area (Å²) in [6.45, 7) is 6.11. The van der Waals surface area contributed by atoms with Crippen LogP contribution < -0.4 is 11.1 Å². The van der Waals surface area contributed by atoms with Crippen molar-refractivity contribution in [3.05, 3.63) is 29.8 Å². The minimum atomic E-state index is -0.102. The van der Waals surface area contributed by atoms with E-state index in [9.17, 15) is 4.79 Å². The van der Waals surface area contributed by atoms with Crippen LogP contribution in [-0.4, -0.2) is 11.9 Å². The first kappa shape index (κ1) is 15.9. The summed E-state index contributed by atoms with van der Waals surface area (Å²) in [5.41, 5.74) is 7.65. The Hall–Kier alpha value is -1.06. The standard InChI is InChI=1S/C13H20N2O.ClH/c1-9(2)11-4-6-12(7-5-11)15-13(16)8-10(3)14;/h4-7,9-10H,8,14H2,1-3H3,(H,15,16);1H. The molecule has 0 bridgehead atoms. The largest absolute Gasteiger partial charge is 0.327 e. The molecule has 0 aliphatic rings. The predicted octanol–water partition coefficient (Wildman–Crippen LogP) is 2.91. The van der Waals surface area contributed by atoms with E-state index < -0.39 is 0 Å². The van der Waals surface area contributed by atoms with Crippen LogP contribution in [0, 0.1) is 0 Å².